The fraction of sp³-hybridized carbons (Fsp3) is 0.263. The predicted molar refractivity (Wildman–Crippen MR) is 95.2 cm³/mol. The molecule has 2 aromatic rings. The van der Waals surface area contributed by atoms with Crippen molar-refractivity contribution in [2.45, 2.75) is 17.9 Å². The van der Waals surface area contributed by atoms with Crippen molar-refractivity contribution in [1.82, 2.24) is 4.90 Å². The van der Waals surface area contributed by atoms with Crippen molar-refractivity contribution in [3.63, 3.8) is 0 Å². The maximum Gasteiger partial charge on any atom is 0.297 e. The topological polar surface area (TPSA) is 46.6 Å². The summed E-state index contributed by atoms with van der Waals surface area (Å²) in [6, 6.07) is 16.5. The molecule has 1 heterocycles. The van der Waals surface area contributed by atoms with Crippen LogP contribution in [0.5, 0.6) is 0 Å². The Morgan fingerprint density at radius 3 is 2.38 bits per heavy atom. The van der Waals surface area contributed by atoms with Gasteiger partial charge >= 0.3 is 0 Å². The highest BCUT2D eigenvalue weighted by Gasteiger charge is 2.28. The van der Waals surface area contributed by atoms with Crippen LogP contribution in [-0.2, 0) is 14.3 Å². The number of benzene rings is 2. The molecule has 4 nitrogen and oxygen atoms in total. The van der Waals surface area contributed by atoms with Gasteiger partial charge < -0.3 is 0 Å². The highest BCUT2D eigenvalue weighted by Crippen LogP contribution is 2.27. The Kier molecular flexibility index (Phi) is 4.85. The van der Waals surface area contributed by atoms with Crippen LogP contribution in [0.4, 0.5) is 0 Å². The van der Waals surface area contributed by atoms with Crippen molar-refractivity contribution in [3.05, 3.63) is 71.8 Å². The van der Waals surface area contributed by atoms with E-state index in [0.29, 0.717) is 6.54 Å². The molecule has 0 radical (unpaired) electrons. The van der Waals surface area contributed by atoms with E-state index in [1.807, 2.05) is 55.3 Å². The van der Waals surface area contributed by atoms with Crippen LogP contribution in [0.25, 0.3) is 5.57 Å². The highest BCUT2D eigenvalue weighted by atomic mass is 32.2. The Labute approximate surface area is 143 Å². The summed E-state index contributed by atoms with van der Waals surface area (Å²) in [5, 5.41) is 0. The van der Waals surface area contributed by atoms with Gasteiger partial charge in [0.2, 0.25) is 0 Å². The number of hydrogen-bond acceptors (Lipinski definition) is 4. The number of likely N-dealkylation sites (N-methyl/N-ethyl adjacent to an activating group) is 1. The van der Waals surface area contributed by atoms with Crippen LogP contribution in [0.15, 0.2) is 65.6 Å². The van der Waals surface area contributed by atoms with Crippen LogP contribution in [0.3, 0.4) is 0 Å². The largest absolute Gasteiger partial charge is 0.300 e. The SMILES string of the molecule is Cc1ccc(S(=O)(=O)OC2CN(C)CC=C2c2ccccc2)cc1. The summed E-state index contributed by atoms with van der Waals surface area (Å²) >= 11 is 0. The van der Waals surface area contributed by atoms with Crippen LogP contribution in [0.2, 0.25) is 0 Å². The van der Waals surface area contributed by atoms with Crippen LogP contribution in [-0.4, -0.2) is 39.6 Å². The lowest BCUT2D eigenvalue weighted by molar-refractivity contribution is 0.195. The van der Waals surface area contributed by atoms with E-state index in [9.17, 15) is 8.42 Å². The van der Waals surface area contributed by atoms with Gasteiger partial charge in [0.25, 0.3) is 10.1 Å². The minimum absolute atomic E-state index is 0.189. The molecule has 3 rings (SSSR count). The first-order valence-electron chi connectivity index (χ1n) is 7.90. The third-order valence-corrected chi connectivity index (χ3v) is 5.44. The Morgan fingerprint density at radius 2 is 1.71 bits per heavy atom. The zero-order valence-electron chi connectivity index (χ0n) is 13.8. The second kappa shape index (κ2) is 6.89. The molecule has 0 aliphatic carbocycles. The van der Waals surface area contributed by atoms with E-state index < -0.39 is 16.2 Å². The van der Waals surface area contributed by atoms with Crippen LogP contribution >= 0.6 is 0 Å². The quantitative estimate of drug-likeness (QED) is 0.801. The molecule has 0 saturated heterocycles. The van der Waals surface area contributed by atoms with E-state index in [4.69, 9.17) is 4.18 Å². The highest BCUT2D eigenvalue weighted by molar-refractivity contribution is 7.86. The molecule has 126 valence electrons. The summed E-state index contributed by atoms with van der Waals surface area (Å²) in [5.41, 5.74) is 2.93. The summed E-state index contributed by atoms with van der Waals surface area (Å²) in [7, 11) is -1.86. The molecule has 2 aromatic carbocycles. The lowest BCUT2D eigenvalue weighted by Gasteiger charge is -2.30. The zero-order valence-corrected chi connectivity index (χ0v) is 14.7. The fourth-order valence-corrected chi connectivity index (χ4v) is 3.82. The van der Waals surface area contributed by atoms with E-state index in [0.717, 1.165) is 23.2 Å². The fourth-order valence-electron chi connectivity index (χ4n) is 2.77. The van der Waals surface area contributed by atoms with Crippen LogP contribution in [0.1, 0.15) is 11.1 Å². The Morgan fingerprint density at radius 1 is 1.04 bits per heavy atom. The van der Waals surface area contributed by atoms with E-state index in [2.05, 4.69) is 0 Å². The minimum atomic E-state index is -3.81. The molecule has 1 atom stereocenters. The lowest BCUT2D eigenvalue weighted by atomic mass is 9.97. The van der Waals surface area contributed by atoms with Crippen molar-refractivity contribution in [2.75, 3.05) is 20.1 Å². The van der Waals surface area contributed by atoms with E-state index in [1.165, 1.54) is 0 Å². The molecule has 1 aliphatic heterocycles. The lowest BCUT2D eigenvalue weighted by Crippen LogP contribution is -2.37. The Balaban J connectivity index is 1.90. The Hall–Kier alpha value is -1.95. The first-order valence-corrected chi connectivity index (χ1v) is 9.30. The minimum Gasteiger partial charge on any atom is -0.300 e. The molecule has 0 fully saturated rings. The molecule has 0 saturated carbocycles. The zero-order chi connectivity index (χ0) is 17.2. The molecule has 5 heteroatoms. The molecule has 1 aliphatic rings. The maximum atomic E-state index is 12.6. The normalized spacial score (nSPS) is 19.1. The summed E-state index contributed by atoms with van der Waals surface area (Å²) in [5.74, 6) is 0. The molecule has 0 aromatic heterocycles. The van der Waals surface area contributed by atoms with E-state index in [-0.39, 0.29) is 4.90 Å². The molecule has 0 N–H and O–H groups in total. The molecule has 24 heavy (non-hydrogen) atoms. The van der Waals surface area contributed by atoms with Crippen LogP contribution < -0.4 is 0 Å². The number of aryl methyl sites for hydroxylation is 1. The average Bonchev–Trinajstić information content (AvgIpc) is 2.56. The van der Waals surface area contributed by atoms with Crippen LogP contribution in [0, 0.1) is 6.92 Å². The molecule has 0 amide bonds. The Bertz CT molecular complexity index is 827. The molecule has 0 bridgehead atoms. The van der Waals surface area contributed by atoms with Gasteiger partial charge in [0.15, 0.2) is 0 Å². The average molecular weight is 343 g/mol. The van der Waals surface area contributed by atoms with Crippen molar-refractivity contribution in [1.29, 1.82) is 0 Å². The standard InChI is InChI=1S/C19H21NO3S/c1-15-8-10-17(11-9-15)24(21,22)23-19-14-20(2)13-12-18(19)16-6-4-3-5-7-16/h3-12,19H,13-14H2,1-2H3. The molecule has 1 unspecified atom stereocenters. The van der Waals surface area contributed by atoms with E-state index >= 15 is 0 Å². The third kappa shape index (κ3) is 3.75. The second-order valence-corrected chi connectivity index (χ2v) is 7.67. The van der Waals surface area contributed by atoms with Crippen molar-refractivity contribution in [3.8, 4) is 0 Å². The number of rotatable bonds is 4. The second-order valence-electron chi connectivity index (χ2n) is 6.10. The van der Waals surface area contributed by atoms with Crippen molar-refractivity contribution in [2.24, 2.45) is 0 Å². The summed E-state index contributed by atoms with van der Waals surface area (Å²) in [6.45, 7) is 3.23. The summed E-state index contributed by atoms with van der Waals surface area (Å²) < 4.78 is 30.9. The van der Waals surface area contributed by atoms with Gasteiger partial charge in [-0.1, -0.05) is 54.1 Å². The smallest absolute Gasteiger partial charge is 0.297 e. The van der Waals surface area contributed by atoms with Gasteiger partial charge in [-0.3, -0.25) is 9.08 Å². The van der Waals surface area contributed by atoms with Gasteiger partial charge in [-0.05, 0) is 37.2 Å². The number of hydrogen-bond donors (Lipinski definition) is 0. The first-order chi connectivity index (χ1) is 11.5. The number of nitrogens with zero attached hydrogens (tertiary/aromatic N) is 1. The van der Waals surface area contributed by atoms with E-state index in [1.54, 1.807) is 24.3 Å². The van der Waals surface area contributed by atoms with Gasteiger partial charge in [-0.25, -0.2) is 0 Å². The molecule has 0 spiro atoms. The van der Waals surface area contributed by atoms with Gasteiger partial charge in [0, 0.05) is 13.1 Å². The first kappa shape index (κ1) is 16.9. The van der Waals surface area contributed by atoms with Gasteiger partial charge in [0.05, 0.1) is 4.90 Å². The maximum absolute atomic E-state index is 12.6. The van der Waals surface area contributed by atoms with Gasteiger partial charge in [-0.2, -0.15) is 8.42 Å². The van der Waals surface area contributed by atoms with Gasteiger partial charge in [-0.15, -0.1) is 0 Å². The molecular formula is C19H21NO3S. The molecular weight excluding hydrogens is 322 g/mol. The van der Waals surface area contributed by atoms with Crippen molar-refractivity contribution < 1.29 is 12.6 Å². The summed E-state index contributed by atoms with van der Waals surface area (Å²) in [6.07, 6.45) is 1.52. The monoisotopic (exact) mass is 343 g/mol. The summed E-state index contributed by atoms with van der Waals surface area (Å²) in [4.78, 5) is 2.23. The predicted octanol–water partition coefficient (Wildman–Crippen LogP) is 3.10. The third-order valence-electron chi connectivity index (χ3n) is 4.11. The van der Waals surface area contributed by atoms with Crippen molar-refractivity contribution >= 4 is 15.7 Å². The van der Waals surface area contributed by atoms with Gasteiger partial charge in [0.1, 0.15) is 6.10 Å².